The maximum Gasteiger partial charge on any atom is 0.415 e. The fraction of sp³-hybridized carbons (Fsp3) is 0.280. The molecule has 1 aromatic carbocycles. The number of nitrogens with two attached hydrogens (primary N) is 1. The minimum Gasteiger partial charge on any atom is -0.384 e. The van der Waals surface area contributed by atoms with Crippen molar-refractivity contribution in [2.24, 2.45) is 5.92 Å². The van der Waals surface area contributed by atoms with Gasteiger partial charge in [-0.3, -0.25) is 0 Å². The summed E-state index contributed by atoms with van der Waals surface area (Å²) in [7, 11) is 0. The second-order valence-corrected chi connectivity index (χ2v) is 8.35. The van der Waals surface area contributed by atoms with Gasteiger partial charge < -0.3 is 15.8 Å². The molecule has 0 radical (unpaired) electrons. The van der Waals surface area contributed by atoms with Crippen molar-refractivity contribution in [1.29, 1.82) is 0 Å². The molecule has 35 heavy (non-hydrogen) atoms. The number of amides is 1. The largest absolute Gasteiger partial charge is 0.415 e. The highest BCUT2D eigenvalue weighted by atomic mass is 19.4. The number of aromatic nitrogens is 2. The number of hydrogen-bond acceptors (Lipinski definition) is 6. The van der Waals surface area contributed by atoms with Gasteiger partial charge in [-0.1, -0.05) is 36.4 Å². The van der Waals surface area contributed by atoms with E-state index in [0.717, 1.165) is 5.57 Å². The Hall–Kier alpha value is -3.95. The van der Waals surface area contributed by atoms with Gasteiger partial charge in [0.1, 0.15) is 11.5 Å². The number of alkyl halides is 3. The summed E-state index contributed by atoms with van der Waals surface area (Å²) in [5.74, 6) is -2.02. The molecule has 182 valence electrons. The normalized spacial score (nSPS) is 16.9. The molecule has 0 bridgehead atoms. The topological polar surface area (TPSA) is 107 Å². The third-order valence-electron chi connectivity index (χ3n) is 5.90. The molecule has 10 heteroatoms. The summed E-state index contributed by atoms with van der Waals surface area (Å²) in [6, 6.07) is 12.8. The first-order valence-corrected chi connectivity index (χ1v) is 11.0. The summed E-state index contributed by atoms with van der Waals surface area (Å²) < 4.78 is 44.0. The van der Waals surface area contributed by atoms with E-state index in [2.05, 4.69) is 15.3 Å². The van der Waals surface area contributed by atoms with Crippen molar-refractivity contribution >= 4 is 34.4 Å². The molecule has 2 heterocycles. The number of nitrogen functional groups attached to an aromatic ring is 1. The molecule has 1 unspecified atom stereocenters. The predicted molar refractivity (Wildman–Crippen MR) is 124 cm³/mol. The number of pyridine rings is 2. The number of nitrogens with one attached hydrogen (secondary N) is 1. The fourth-order valence-electron chi connectivity index (χ4n) is 4.02. The van der Waals surface area contributed by atoms with Crippen molar-refractivity contribution in [3.63, 3.8) is 0 Å². The third kappa shape index (κ3) is 5.59. The van der Waals surface area contributed by atoms with Gasteiger partial charge in [0.15, 0.2) is 0 Å². The molecular formula is C25H23F3N4O3. The SMILES string of the molecule is C[C@H](NC(=O)OC(=O)c1ccc2cccc(C3=CCC(C(F)(F)F)CC3)c2n1)c1cccc(N)n1. The first kappa shape index (κ1) is 24.2. The van der Waals surface area contributed by atoms with Crippen molar-refractivity contribution in [2.75, 3.05) is 5.73 Å². The van der Waals surface area contributed by atoms with Gasteiger partial charge >= 0.3 is 18.2 Å². The van der Waals surface area contributed by atoms with Crippen molar-refractivity contribution in [3.05, 3.63) is 71.6 Å². The van der Waals surface area contributed by atoms with E-state index in [1.807, 2.05) is 0 Å². The molecule has 7 nitrogen and oxygen atoms in total. The number of carbonyl (C=O) groups is 2. The van der Waals surface area contributed by atoms with E-state index >= 15 is 0 Å². The summed E-state index contributed by atoms with van der Waals surface area (Å²) in [5, 5.41) is 3.22. The van der Waals surface area contributed by atoms with Gasteiger partial charge in [0.05, 0.1) is 23.2 Å². The molecule has 0 saturated carbocycles. The number of hydrogen-bond donors (Lipinski definition) is 2. The van der Waals surface area contributed by atoms with Crippen LogP contribution in [0.1, 0.15) is 54.0 Å². The van der Waals surface area contributed by atoms with Gasteiger partial charge in [0.2, 0.25) is 0 Å². The molecule has 1 amide bonds. The number of fused-ring (bicyclic) bond motifs is 1. The highest BCUT2D eigenvalue weighted by Crippen LogP contribution is 2.40. The second kappa shape index (κ2) is 9.73. The van der Waals surface area contributed by atoms with Crippen LogP contribution in [-0.4, -0.2) is 28.2 Å². The van der Waals surface area contributed by atoms with E-state index in [-0.39, 0.29) is 25.0 Å². The lowest BCUT2D eigenvalue weighted by Crippen LogP contribution is -2.30. The summed E-state index contributed by atoms with van der Waals surface area (Å²) in [5.41, 5.74) is 7.91. The second-order valence-electron chi connectivity index (χ2n) is 8.35. The van der Waals surface area contributed by atoms with Crippen molar-refractivity contribution in [1.82, 2.24) is 15.3 Å². The minimum absolute atomic E-state index is 0.00622. The predicted octanol–water partition coefficient (Wildman–Crippen LogP) is 5.59. The Bertz CT molecular complexity index is 1310. The Morgan fingerprint density at radius 2 is 1.89 bits per heavy atom. The van der Waals surface area contributed by atoms with Crippen molar-refractivity contribution in [3.8, 4) is 0 Å². The van der Waals surface area contributed by atoms with E-state index in [9.17, 15) is 22.8 Å². The van der Waals surface area contributed by atoms with Crippen LogP contribution in [0.25, 0.3) is 16.5 Å². The zero-order chi connectivity index (χ0) is 25.2. The average molecular weight is 484 g/mol. The number of alkyl carbamates (subject to hydrolysis) is 1. The van der Waals surface area contributed by atoms with Gasteiger partial charge in [0.25, 0.3) is 0 Å². The van der Waals surface area contributed by atoms with Gasteiger partial charge in [-0.15, -0.1) is 0 Å². The standard InChI is InChI=1S/C25H23F3N4O3/c1-14(19-6-3-7-21(29)31-19)30-24(34)35-23(33)20-13-10-16-4-2-5-18(22(16)32-20)15-8-11-17(12-9-15)25(26,27)28/h2-8,10,13-14,17H,9,11-12H2,1H3,(H2,29,31)(H,30,34)/t14-,17?/m0/s1. The molecule has 0 spiro atoms. The van der Waals surface area contributed by atoms with Crippen molar-refractivity contribution < 1.29 is 27.5 Å². The van der Waals surface area contributed by atoms with Crippen LogP contribution in [0, 0.1) is 5.92 Å². The van der Waals surface area contributed by atoms with Gasteiger partial charge in [-0.25, -0.2) is 19.6 Å². The summed E-state index contributed by atoms with van der Waals surface area (Å²) >= 11 is 0. The maximum absolute atomic E-state index is 13.0. The Kier molecular flexibility index (Phi) is 6.72. The van der Waals surface area contributed by atoms with Crippen LogP contribution in [0.5, 0.6) is 0 Å². The number of ether oxygens (including phenoxy) is 1. The lowest BCUT2D eigenvalue weighted by Gasteiger charge is -2.24. The van der Waals surface area contributed by atoms with Gasteiger partial charge in [-0.2, -0.15) is 13.2 Å². The fourth-order valence-corrected chi connectivity index (χ4v) is 4.02. The number of benzene rings is 1. The number of rotatable bonds is 4. The van der Waals surface area contributed by atoms with Crippen LogP contribution in [0.2, 0.25) is 0 Å². The molecule has 3 aromatic rings. The number of halogens is 3. The highest BCUT2D eigenvalue weighted by Gasteiger charge is 2.39. The number of carbonyl (C=O) groups excluding carboxylic acids is 2. The number of allylic oxidation sites excluding steroid dienone is 2. The van der Waals surface area contributed by atoms with E-state index in [1.165, 1.54) is 6.07 Å². The maximum atomic E-state index is 13.0. The Morgan fingerprint density at radius 1 is 1.11 bits per heavy atom. The van der Waals surface area contributed by atoms with Crippen LogP contribution in [0.15, 0.2) is 54.6 Å². The monoisotopic (exact) mass is 484 g/mol. The van der Waals surface area contributed by atoms with Gasteiger partial charge in [-0.05, 0) is 50.0 Å². The highest BCUT2D eigenvalue weighted by molar-refractivity contribution is 5.98. The van der Waals surface area contributed by atoms with Crippen LogP contribution < -0.4 is 11.1 Å². The minimum atomic E-state index is -4.22. The number of para-hydroxylation sites is 1. The molecule has 1 aliphatic rings. The molecule has 2 aromatic heterocycles. The quantitative estimate of drug-likeness (QED) is 0.370. The van der Waals surface area contributed by atoms with Crippen LogP contribution in [0.3, 0.4) is 0 Å². The molecule has 1 aliphatic carbocycles. The first-order chi connectivity index (χ1) is 16.6. The molecule has 4 rings (SSSR count). The summed E-state index contributed by atoms with van der Waals surface area (Å²) in [6.45, 7) is 1.66. The van der Waals surface area contributed by atoms with Crippen LogP contribution in [-0.2, 0) is 4.74 Å². The number of esters is 1. The zero-order valence-electron chi connectivity index (χ0n) is 18.8. The zero-order valence-corrected chi connectivity index (χ0v) is 18.8. The van der Waals surface area contributed by atoms with Crippen LogP contribution in [0.4, 0.5) is 23.8 Å². The Labute approximate surface area is 199 Å². The molecule has 0 fully saturated rings. The van der Waals surface area contributed by atoms with E-state index < -0.39 is 30.2 Å². The molecule has 0 saturated heterocycles. The Balaban J connectivity index is 1.50. The average Bonchev–Trinajstić information content (AvgIpc) is 2.82. The Morgan fingerprint density at radius 3 is 2.57 bits per heavy atom. The lowest BCUT2D eigenvalue weighted by molar-refractivity contribution is -0.175. The summed E-state index contributed by atoms with van der Waals surface area (Å²) in [6.07, 6.45) is -3.47. The van der Waals surface area contributed by atoms with Gasteiger partial charge in [0, 0.05) is 10.9 Å². The number of anilines is 1. The number of nitrogens with zero attached hydrogens (tertiary/aromatic N) is 2. The van der Waals surface area contributed by atoms with Crippen molar-refractivity contribution in [2.45, 2.75) is 38.4 Å². The lowest BCUT2D eigenvalue weighted by atomic mass is 9.85. The third-order valence-corrected chi connectivity index (χ3v) is 5.90. The molecular weight excluding hydrogens is 461 g/mol. The molecule has 3 N–H and O–H groups in total. The van der Waals surface area contributed by atoms with E-state index in [1.54, 1.807) is 55.5 Å². The first-order valence-electron chi connectivity index (χ1n) is 11.0. The van der Waals surface area contributed by atoms with E-state index in [0.29, 0.717) is 28.0 Å². The molecule has 0 aliphatic heterocycles. The van der Waals surface area contributed by atoms with Crippen LogP contribution >= 0.6 is 0 Å². The molecule has 2 atom stereocenters. The summed E-state index contributed by atoms with van der Waals surface area (Å²) in [4.78, 5) is 33.3. The van der Waals surface area contributed by atoms with E-state index in [4.69, 9.17) is 10.5 Å². The smallest absolute Gasteiger partial charge is 0.384 e.